The van der Waals surface area contributed by atoms with Crippen LogP contribution in [0.15, 0.2) is 109 Å². The first-order chi connectivity index (χ1) is 16.4. The maximum Gasteiger partial charge on any atom is 0.416 e. The molecule has 0 N–H and O–H groups in total. The highest BCUT2D eigenvalue weighted by Gasteiger charge is 2.30. The number of rotatable bonds is 7. The van der Waals surface area contributed by atoms with Crippen LogP contribution in [-0.4, -0.2) is 5.91 Å². The number of ether oxygens (including phenoxy) is 1. The van der Waals surface area contributed by atoms with Crippen LogP contribution in [0, 0.1) is 0 Å². The fourth-order valence-corrected chi connectivity index (χ4v) is 3.46. The van der Waals surface area contributed by atoms with Gasteiger partial charge in [-0.05, 0) is 59.7 Å². The highest BCUT2D eigenvalue weighted by Crippen LogP contribution is 2.31. The van der Waals surface area contributed by atoms with E-state index in [-0.39, 0.29) is 12.5 Å². The Labute approximate surface area is 196 Å². The van der Waals surface area contributed by atoms with E-state index in [9.17, 15) is 18.0 Å². The Morgan fingerprint density at radius 3 is 1.88 bits per heavy atom. The Balaban J connectivity index is 1.54. The van der Waals surface area contributed by atoms with E-state index in [1.807, 2.05) is 54.6 Å². The predicted octanol–water partition coefficient (Wildman–Crippen LogP) is 7.13. The van der Waals surface area contributed by atoms with Crippen LogP contribution in [0.4, 0.5) is 18.9 Å². The number of nitrogens with zero attached hydrogens (tertiary/aromatic N) is 1. The molecule has 1 amide bonds. The second-order valence-corrected chi connectivity index (χ2v) is 7.72. The van der Waals surface area contributed by atoms with Gasteiger partial charge in [-0.1, -0.05) is 60.7 Å². The average molecular weight is 461 g/mol. The molecule has 0 aromatic heterocycles. The van der Waals surface area contributed by atoms with E-state index in [2.05, 4.69) is 0 Å². The largest absolute Gasteiger partial charge is 0.489 e. The van der Waals surface area contributed by atoms with Crippen LogP contribution in [-0.2, 0) is 19.3 Å². The maximum atomic E-state index is 13.2. The van der Waals surface area contributed by atoms with Gasteiger partial charge in [-0.25, -0.2) is 0 Å². The Morgan fingerprint density at radius 2 is 1.29 bits per heavy atom. The summed E-state index contributed by atoms with van der Waals surface area (Å²) in [6.07, 6.45) is -4.44. The maximum absolute atomic E-state index is 13.2. The van der Waals surface area contributed by atoms with Crippen molar-refractivity contribution < 1.29 is 22.7 Å². The molecule has 0 aliphatic carbocycles. The lowest BCUT2D eigenvalue weighted by Crippen LogP contribution is -2.30. The highest BCUT2D eigenvalue weighted by molar-refractivity contribution is 6.06. The summed E-state index contributed by atoms with van der Waals surface area (Å²) in [5.74, 6) is 0.382. The van der Waals surface area contributed by atoms with E-state index >= 15 is 0 Å². The lowest BCUT2D eigenvalue weighted by atomic mass is 10.1. The van der Waals surface area contributed by atoms with Crippen molar-refractivity contribution in [3.05, 3.63) is 131 Å². The monoisotopic (exact) mass is 461 g/mol. The Bertz CT molecular complexity index is 1210. The molecule has 0 atom stereocenters. The molecule has 0 aliphatic rings. The van der Waals surface area contributed by atoms with Gasteiger partial charge in [-0.2, -0.15) is 13.2 Å². The molecule has 0 spiro atoms. The molecule has 3 nitrogen and oxygen atoms in total. The summed E-state index contributed by atoms with van der Waals surface area (Å²) >= 11 is 0. The van der Waals surface area contributed by atoms with Gasteiger partial charge in [-0.15, -0.1) is 0 Å². The van der Waals surface area contributed by atoms with Crippen LogP contribution >= 0.6 is 0 Å². The van der Waals surface area contributed by atoms with E-state index in [1.165, 1.54) is 17.0 Å². The lowest BCUT2D eigenvalue weighted by Gasteiger charge is -2.24. The molecule has 172 valence electrons. The Morgan fingerprint density at radius 1 is 0.706 bits per heavy atom. The van der Waals surface area contributed by atoms with Crippen molar-refractivity contribution in [2.24, 2.45) is 0 Å². The first kappa shape index (κ1) is 23.1. The number of anilines is 1. The molecule has 0 saturated heterocycles. The van der Waals surface area contributed by atoms with E-state index in [0.717, 1.165) is 23.3 Å². The van der Waals surface area contributed by atoms with Gasteiger partial charge in [0.2, 0.25) is 0 Å². The quantitative estimate of drug-likeness (QED) is 0.293. The molecule has 34 heavy (non-hydrogen) atoms. The zero-order chi connectivity index (χ0) is 24.0. The zero-order valence-electron chi connectivity index (χ0n) is 18.2. The summed E-state index contributed by atoms with van der Waals surface area (Å²) in [6.45, 7) is 0.627. The van der Waals surface area contributed by atoms with Crippen molar-refractivity contribution in [3.8, 4) is 5.75 Å². The zero-order valence-corrected chi connectivity index (χ0v) is 18.2. The summed E-state index contributed by atoms with van der Waals surface area (Å²) < 4.78 is 44.8. The third kappa shape index (κ3) is 5.84. The molecule has 0 fully saturated rings. The molecule has 0 unspecified atom stereocenters. The van der Waals surface area contributed by atoms with Crippen molar-refractivity contribution in [1.82, 2.24) is 0 Å². The van der Waals surface area contributed by atoms with Crippen molar-refractivity contribution in [3.63, 3.8) is 0 Å². The Hall–Kier alpha value is -4.06. The predicted molar refractivity (Wildman–Crippen MR) is 126 cm³/mol. The molecule has 0 aliphatic heterocycles. The van der Waals surface area contributed by atoms with Gasteiger partial charge in [0.05, 0.1) is 12.1 Å². The van der Waals surface area contributed by atoms with E-state index in [1.54, 1.807) is 30.3 Å². The van der Waals surface area contributed by atoms with E-state index in [0.29, 0.717) is 23.6 Å². The molecule has 0 bridgehead atoms. The SMILES string of the molecule is O=C(c1ccccc1)N(Cc1ccc(OCc2ccccc2)cc1)c1ccc(C(F)(F)F)cc1. The number of carbonyl (C=O) groups excluding carboxylic acids is 1. The summed E-state index contributed by atoms with van der Waals surface area (Å²) in [7, 11) is 0. The van der Waals surface area contributed by atoms with Crippen LogP contribution in [0.2, 0.25) is 0 Å². The third-order valence-electron chi connectivity index (χ3n) is 5.28. The molecule has 4 aromatic rings. The third-order valence-corrected chi connectivity index (χ3v) is 5.28. The van der Waals surface area contributed by atoms with Gasteiger partial charge in [0.15, 0.2) is 0 Å². The van der Waals surface area contributed by atoms with Gasteiger partial charge < -0.3 is 9.64 Å². The smallest absolute Gasteiger partial charge is 0.416 e. The fourth-order valence-electron chi connectivity index (χ4n) is 3.46. The number of halogens is 3. The average Bonchev–Trinajstić information content (AvgIpc) is 2.87. The summed E-state index contributed by atoms with van der Waals surface area (Å²) in [4.78, 5) is 14.7. The highest BCUT2D eigenvalue weighted by atomic mass is 19.4. The summed E-state index contributed by atoms with van der Waals surface area (Å²) in [6, 6.07) is 30.4. The topological polar surface area (TPSA) is 29.5 Å². The number of alkyl halides is 3. The van der Waals surface area contributed by atoms with Crippen LogP contribution < -0.4 is 9.64 Å². The van der Waals surface area contributed by atoms with Crippen LogP contribution in [0.25, 0.3) is 0 Å². The minimum Gasteiger partial charge on any atom is -0.489 e. The number of amides is 1. The molecule has 0 saturated carbocycles. The van der Waals surface area contributed by atoms with Crippen LogP contribution in [0.5, 0.6) is 5.75 Å². The van der Waals surface area contributed by atoms with Crippen molar-refractivity contribution in [2.45, 2.75) is 19.3 Å². The molecular formula is C28H22F3NO2. The molecule has 4 rings (SSSR count). The molecule has 6 heteroatoms. The second kappa shape index (κ2) is 10.3. The number of carbonyl (C=O) groups is 1. The van der Waals surface area contributed by atoms with Crippen molar-refractivity contribution in [2.75, 3.05) is 4.90 Å². The molecular weight excluding hydrogens is 439 g/mol. The van der Waals surface area contributed by atoms with Crippen LogP contribution in [0.3, 0.4) is 0 Å². The minimum atomic E-state index is -4.44. The molecule has 4 aromatic carbocycles. The van der Waals surface area contributed by atoms with E-state index in [4.69, 9.17) is 4.74 Å². The first-order valence-electron chi connectivity index (χ1n) is 10.7. The summed E-state index contributed by atoms with van der Waals surface area (Å²) in [5.41, 5.74) is 1.93. The van der Waals surface area contributed by atoms with Gasteiger partial charge in [0, 0.05) is 11.3 Å². The van der Waals surface area contributed by atoms with Gasteiger partial charge in [0.25, 0.3) is 5.91 Å². The summed E-state index contributed by atoms with van der Waals surface area (Å²) in [5, 5.41) is 0. The normalized spacial score (nSPS) is 11.1. The number of benzene rings is 4. The van der Waals surface area contributed by atoms with Crippen molar-refractivity contribution >= 4 is 11.6 Å². The number of hydrogen-bond donors (Lipinski definition) is 0. The van der Waals surface area contributed by atoms with Gasteiger partial charge >= 0.3 is 6.18 Å². The van der Waals surface area contributed by atoms with E-state index < -0.39 is 11.7 Å². The van der Waals surface area contributed by atoms with Gasteiger partial charge in [-0.3, -0.25) is 4.79 Å². The molecule has 0 radical (unpaired) electrons. The fraction of sp³-hybridized carbons (Fsp3) is 0.107. The van der Waals surface area contributed by atoms with Gasteiger partial charge in [0.1, 0.15) is 12.4 Å². The molecule has 0 heterocycles. The lowest BCUT2D eigenvalue weighted by molar-refractivity contribution is -0.137. The minimum absolute atomic E-state index is 0.193. The van der Waals surface area contributed by atoms with Crippen LogP contribution in [0.1, 0.15) is 27.0 Å². The standard InChI is InChI=1S/C28H22F3NO2/c29-28(30,31)24-13-15-25(16-14-24)32(27(33)23-9-5-2-6-10-23)19-21-11-17-26(18-12-21)34-20-22-7-3-1-4-8-22/h1-18H,19-20H2. The van der Waals surface area contributed by atoms with Crippen molar-refractivity contribution in [1.29, 1.82) is 0 Å². The second-order valence-electron chi connectivity index (χ2n) is 7.72. The first-order valence-corrected chi connectivity index (χ1v) is 10.7. The number of hydrogen-bond acceptors (Lipinski definition) is 2. The Kier molecular flexibility index (Phi) is 6.97.